The Labute approximate surface area is 528 Å². The van der Waals surface area contributed by atoms with Crippen molar-refractivity contribution in [2.75, 3.05) is 0 Å². The molecular weight excluding hydrogens is 1120 g/mol. The Morgan fingerprint density at radius 3 is 1.18 bits per heavy atom. The van der Waals surface area contributed by atoms with E-state index in [0.717, 1.165) is 101 Å². The van der Waals surface area contributed by atoms with Crippen LogP contribution in [0.25, 0.3) is 188 Å². The molecule has 1 aliphatic carbocycles. The van der Waals surface area contributed by atoms with Crippen molar-refractivity contribution >= 4 is 98.0 Å². The summed E-state index contributed by atoms with van der Waals surface area (Å²) in [6.45, 7) is 0. The summed E-state index contributed by atoms with van der Waals surface area (Å²) < 4.78 is 9.70. The van der Waals surface area contributed by atoms with Crippen LogP contribution in [-0.2, 0) is 0 Å². The van der Waals surface area contributed by atoms with Crippen LogP contribution >= 0.6 is 0 Å². The molecule has 0 saturated carbocycles. The highest BCUT2D eigenvalue weighted by Crippen LogP contribution is 2.53. The van der Waals surface area contributed by atoms with E-state index in [1.165, 1.54) is 81.7 Å². The summed E-state index contributed by atoms with van der Waals surface area (Å²) in [6.07, 6.45) is 0. The zero-order chi connectivity index (χ0) is 60.1. The maximum Gasteiger partial charge on any atom is 0.160 e. The van der Waals surface area contributed by atoms with Crippen molar-refractivity contribution in [1.29, 1.82) is 0 Å². The van der Waals surface area contributed by atoms with Crippen LogP contribution < -0.4 is 0 Å². The van der Waals surface area contributed by atoms with Gasteiger partial charge in [-0.3, -0.25) is 0 Å². The van der Waals surface area contributed by atoms with Gasteiger partial charge in [0.1, 0.15) is 0 Å². The molecular formula is C86H52N6. The summed E-state index contributed by atoms with van der Waals surface area (Å²) in [5.74, 6) is 0.692. The molecule has 5 aromatic heterocycles. The molecule has 19 aromatic rings. The topological polar surface area (TPSA) is 45.5 Å². The second kappa shape index (κ2) is 19.6. The van der Waals surface area contributed by atoms with Gasteiger partial charge in [0.05, 0.1) is 61.2 Å². The first-order valence-corrected chi connectivity index (χ1v) is 31.5. The summed E-state index contributed by atoms with van der Waals surface area (Å²) in [5.41, 5.74) is 25.6. The lowest BCUT2D eigenvalue weighted by Gasteiger charge is -2.15. The van der Waals surface area contributed by atoms with Crippen molar-refractivity contribution in [3.8, 4) is 90.0 Å². The number of hydrogen-bond acceptors (Lipinski definition) is 2. The van der Waals surface area contributed by atoms with Crippen LogP contribution in [0.4, 0.5) is 0 Å². The SMILES string of the molecule is c1ccc(-c2nc(-c3cccc(-n4c5ccccc5c5ccc(-c6ccc7c(c6)c6ccccc6n7-c6ccccc6)cc54)c3)c3c(n2)-c2cccc4c(-n5c6ccccc6c6ccc(-c7ccc8c(c7)c7ccccc7n8-c7ccccc7)cc65)ccc-3c24)cc1. The van der Waals surface area contributed by atoms with Crippen molar-refractivity contribution in [1.82, 2.24) is 28.2 Å². The van der Waals surface area contributed by atoms with E-state index >= 15 is 0 Å². The predicted molar refractivity (Wildman–Crippen MR) is 383 cm³/mol. The van der Waals surface area contributed by atoms with Crippen LogP contribution in [0.3, 0.4) is 0 Å². The van der Waals surface area contributed by atoms with Gasteiger partial charge in [-0.1, -0.05) is 212 Å². The monoisotopic (exact) mass is 1170 g/mol. The highest BCUT2D eigenvalue weighted by molar-refractivity contribution is 6.21. The molecule has 6 heteroatoms. The Morgan fingerprint density at radius 1 is 0.207 bits per heavy atom. The Balaban J connectivity index is 0.744. The molecule has 0 radical (unpaired) electrons. The van der Waals surface area contributed by atoms with Crippen LogP contribution in [0.1, 0.15) is 0 Å². The van der Waals surface area contributed by atoms with Crippen molar-refractivity contribution in [3.63, 3.8) is 0 Å². The number of para-hydroxylation sites is 6. The summed E-state index contributed by atoms with van der Waals surface area (Å²) in [6, 6.07) is 115. The van der Waals surface area contributed by atoms with Crippen LogP contribution in [0.5, 0.6) is 0 Å². The molecule has 0 fully saturated rings. The fourth-order valence-electron chi connectivity index (χ4n) is 15.5. The highest BCUT2D eigenvalue weighted by Gasteiger charge is 2.31. The fraction of sp³-hybridized carbons (Fsp3) is 0. The molecule has 92 heavy (non-hydrogen) atoms. The lowest BCUT2D eigenvalue weighted by Crippen LogP contribution is -1.99. The molecule has 6 nitrogen and oxygen atoms in total. The minimum atomic E-state index is 0.692. The largest absolute Gasteiger partial charge is 0.309 e. The Bertz CT molecular complexity index is 6300. The Hall–Kier alpha value is -12.4. The van der Waals surface area contributed by atoms with Crippen LogP contribution in [0.2, 0.25) is 0 Å². The van der Waals surface area contributed by atoms with Crippen molar-refractivity contribution in [2.24, 2.45) is 0 Å². The molecule has 0 atom stereocenters. The van der Waals surface area contributed by atoms with Crippen LogP contribution in [0, 0.1) is 0 Å². The highest BCUT2D eigenvalue weighted by atomic mass is 15.0. The molecule has 0 aliphatic heterocycles. The normalized spacial score (nSPS) is 12.1. The first kappa shape index (κ1) is 50.6. The summed E-state index contributed by atoms with van der Waals surface area (Å²) in [7, 11) is 0. The molecule has 5 heterocycles. The molecule has 0 N–H and O–H groups in total. The molecule has 1 aliphatic rings. The van der Waals surface area contributed by atoms with Gasteiger partial charge in [-0.2, -0.15) is 0 Å². The first-order valence-electron chi connectivity index (χ1n) is 31.5. The molecule has 0 saturated heterocycles. The van der Waals surface area contributed by atoms with Gasteiger partial charge in [-0.15, -0.1) is 0 Å². The lowest BCUT2D eigenvalue weighted by molar-refractivity contribution is 1.17. The maximum atomic E-state index is 5.64. The summed E-state index contributed by atoms with van der Waals surface area (Å²) >= 11 is 0. The van der Waals surface area contributed by atoms with Gasteiger partial charge in [0.2, 0.25) is 0 Å². The van der Waals surface area contributed by atoms with E-state index in [9.17, 15) is 0 Å². The molecule has 0 spiro atoms. The standard InChI is InChI=1S/C86H52N6/c1-4-20-53(21-5-1)86-87-84(58-22-18-27-61(48-58)91-73-34-14-10-28-62(73)66-42-38-56(51-80(66)91)54-40-45-78-71(49-54)64-30-12-15-35-74(64)89(78)59-23-6-2-7-24-59)83-69-44-47-77(68-32-19-33-70(82(68)69)85(83)88-86)92-76-37-17-11-29-63(76)67-43-39-57(52-81(67)92)55-41-46-79-72(50-55)65-31-13-16-36-75(65)90(79)60-25-8-3-9-26-60/h1-52H. The Kier molecular flexibility index (Phi) is 10.8. The molecule has 14 aromatic carbocycles. The zero-order valence-electron chi connectivity index (χ0n) is 49.7. The third-order valence-electron chi connectivity index (χ3n) is 19.5. The average molecular weight is 1170 g/mol. The average Bonchev–Trinajstić information content (AvgIpc) is 1.56. The van der Waals surface area contributed by atoms with Gasteiger partial charge < -0.3 is 18.3 Å². The molecule has 0 amide bonds. The van der Waals surface area contributed by atoms with Crippen molar-refractivity contribution in [3.05, 3.63) is 315 Å². The smallest absolute Gasteiger partial charge is 0.160 e. The molecule has 0 unspecified atom stereocenters. The van der Waals surface area contributed by atoms with E-state index in [1.807, 2.05) is 0 Å². The number of rotatable bonds is 8. The fourth-order valence-corrected chi connectivity index (χ4v) is 15.5. The van der Waals surface area contributed by atoms with Gasteiger partial charge in [0.15, 0.2) is 5.82 Å². The van der Waals surface area contributed by atoms with E-state index in [0.29, 0.717) is 5.82 Å². The van der Waals surface area contributed by atoms with Gasteiger partial charge in [-0.25, -0.2) is 9.97 Å². The van der Waals surface area contributed by atoms with E-state index < -0.39 is 0 Å². The summed E-state index contributed by atoms with van der Waals surface area (Å²) in [4.78, 5) is 11.2. The molecule has 0 bridgehead atoms. The van der Waals surface area contributed by atoms with Gasteiger partial charge >= 0.3 is 0 Å². The van der Waals surface area contributed by atoms with Crippen LogP contribution in [-0.4, -0.2) is 28.2 Å². The quantitative estimate of drug-likeness (QED) is 0.152. The zero-order valence-corrected chi connectivity index (χ0v) is 49.7. The molecule has 426 valence electrons. The molecule has 20 rings (SSSR count). The van der Waals surface area contributed by atoms with E-state index in [1.54, 1.807) is 0 Å². The second-order valence-electron chi connectivity index (χ2n) is 24.4. The number of nitrogens with zero attached hydrogens (tertiary/aromatic N) is 6. The van der Waals surface area contributed by atoms with Gasteiger partial charge in [0.25, 0.3) is 0 Å². The van der Waals surface area contributed by atoms with E-state index in [-0.39, 0.29) is 0 Å². The number of fused-ring (bicyclic) bond motifs is 15. The van der Waals surface area contributed by atoms with Crippen LogP contribution in [0.15, 0.2) is 315 Å². The van der Waals surface area contributed by atoms with E-state index in [2.05, 4.69) is 334 Å². The first-order chi connectivity index (χ1) is 45.6. The maximum absolute atomic E-state index is 5.64. The van der Waals surface area contributed by atoms with Gasteiger partial charge in [0, 0.05) is 93.2 Å². The van der Waals surface area contributed by atoms with Crippen molar-refractivity contribution < 1.29 is 0 Å². The van der Waals surface area contributed by atoms with Crippen molar-refractivity contribution in [2.45, 2.75) is 0 Å². The minimum absolute atomic E-state index is 0.692. The Morgan fingerprint density at radius 2 is 0.609 bits per heavy atom. The second-order valence-corrected chi connectivity index (χ2v) is 24.4. The van der Waals surface area contributed by atoms with Gasteiger partial charge in [-0.05, 0) is 131 Å². The number of benzene rings is 14. The third-order valence-corrected chi connectivity index (χ3v) is 19.5. The minimum Gasteiger partial charge on any atom is -0.309 e. The lowest BCUT2D eigenvalue weighted by atomic mass is 9.98. The number of aromatic nitrogens is 6. The third kappa shape index (κ3) is 7.37. The van der Waals surface area contributed by atoms with E-state index in [4.69, 9.17) is 9.97 Å². The number of hydrogen-bond donors (Lipinski definition) is 0. The predicted octanol–water partition coefficient (Wildman–Crippen LogP) is 22.3. The summed E-state index contributed by atoms with van der Waals surface area (Å²) in [5, 5.41) is 12.1.